The second kappa shape index (κ2) is 5.58. The highest BCUT2D eigenvalue weighted by atomic mass is 16.6. The van der Waals surface area contributed by atoms with Crippen LogP contribution in [0.25, 0.3) is 0 Å². The number of esters is 2. The molecule has 0 amide bonds. The number of hydrogen-bond donors (Lipinski definition) is 0. The quantitative estimate of drug-likeness (QED) is 0.447. The van der Waals surface area contributed by atoms with Gasteiger partial charge in [0.2, 0.25) is 0 Å². The molecule has 0 N–H and O–H groups in total. The number of hydrogen-bond acceptors (Lipinski definition) is 6. The fourth-order valence-electron chi connectivity index (χ4n) is 4.98. The van der Waals surface area contributed by atoms with Gasteiger partial charge < -0.3 is 19.1 Å². The SMILES string of the molecule is [2H]C1N(C([2H])([2H])[2H])[C@@H]2Cc3ccc(OC(C)=O)c4c3[C@@]3([C@H]2C=C[C@H](OC(C)=O)[C@@H]3O4)C1([2H])[2H]. The lowest BCUT2D eigenvalue weighted by Gasteiger charge is -2.56. The first kappa shape index (κ1) is 11.5. The Hall–Kier alpha value is -2.34. The van der Waals surface area contributed by atoms with Crippen molar-refractivity contribution >= 4 is 11.9 Å². The zero-order valence-electron chi connectivity index (χ0n) is 20.9. The summed E-state index contributed by atoms with van der Waals surface area (Å²) in [6, 6.07) is 2.52. The smallest absolute Gasteiger partial charge is 0.308 e. The van der Waals surface area contributed by atoms with E-state index in [1.807, 2.05) is 0 Å². The van der Waals surface area contributed by atoms with Crippen molar-refractivity contribution in [2.75, 3.05) is 13.5 Å². The van der Waals surface area contributed by atoms with Crippen molar-refractivity contribution in [3.63, 3.8) is 0 Å². The van der Waals surface area contributed by atoms with Crippen LogP contribution in [0.3, 0.4) is 0 Å². The van der Waals surface area contributed by atoms with Crippen LogP contribution in [-0.4, -0.2) is 48.6 Å². The van der Waals surface area contributed by atoms with Crippen molar-refractivity contribution in [2.45, 2.75) is 50.3 Å². The number of benzene rings is 1. The number of ether oxygens (including phenoxy) is 3. The van der Waals surface area contributed by atoms with E-state index in [0.717, 1.165) is 4.90 Å². The molecule has 142 valence electrons. The number of carbonyl (C=O) groups excluding carboxylic acids is 2. The second-order valence-electron chi connectivity index (χ2n) is 7.36. The Kier molecular flexibility index (Phi) is 2.37. The molecule has 1 fully saturated rings. The average molecular weight is 375 g/mol. The lowest BCUT2D eigenvalue weighted by atomic mass is 9.53. The standard InChI is InChI=1S/C21H23NO5/c1-11(23)25-16-6-4-13-10-15-14-5-7-17(26-12(2)24)20-21(14,8-9-22(15)3)18(13)19(16)27-20/h4-7,14-15,17,20H,8-10H2,1-3H3/t14-,15+,17-,20-,21-/m0/s1/i3D3,8D2,9D/t9?,14-,15+,17-,20-,21-. The molecular weight excluding hydrogens is 346 g/mol. The maximum Gasteiger partial charge on any atom is 0.308 e. The summed E-state index contributed by atoms with van der Waals surface area (Å²) in [5.41, 5.74) is -0.396. The Morgan fingerprint density at radius 2 is 2.19 bits per heavy atom. The third-order valence-electron chi connectivity index (χ3n) is 5.85. The van der Waals surface area contributed by atoms with Gasteiger partial charge in [0.15, 0.2) is 17.6 Å². The Morgan fingerprint density at radius 1 is 1.33 bits per heavy atom. The van der Waals surface area contributed by atoms with Gasteiger partial charge in [0.25, 0.3) is 0 Å². The molecule has 6 nitrogen and oxygen atoms in total. The number of likely N-dealkylation sites (tertiary alicyclic amines) is 1. The van der Waals surface area contributed by atoms with Gasteiger partial charge in [-0.15, -0.1) is 0 Å². The molecule has 1 unspecified atom stereocenters. The summed E-state index contributed by atoms with van der Waals surface area (Å²) >= 11 is 0. The zero-order chi connectivity index (χ0) is 24.1. The van der Waals surface area contributed by atoms with E-state index in [0.29, 0.717) is 11.1 Å². The van der Waals surface area contributed by atoms with Gasteiger partial charge in [-0.3, -0.25) is 9.59 Å². The molecule has 1 aromatic rings. The Bertz CT molecular complexity index is 1090. The Balaban J connectivity index is 1.82. The van der Waals surface area contributed by atoms with Gasteiger partial charge in [-0.25, -0.2) is 0 Å². The van der Waals surface area contributed by atoms with Crippen LogP contribution in [0.5, 0.6) is 11.5 Å². The van der Waals surface area contributed by atoms with Gasteiger partial charge in [0.1, 0.15) is 6.10 Å². The van der Waals surface area contributed by atoms with Crippen LogP contribution in [0.15, 0.2) is 24.3 Å². The summed E-state index contributed by atoms with van der Waals surface area (Å²) < 4.78 is 68.2. The third kappa shape index (κ3) is 2.16. The van der Waals surface area contributed by atoms with E-state index in [-0.39, 0.29) is 17.9 Å². The summed E-state index contributed by atoms with van der Waals surface area (Å²) in [5, 5.41) is 0. The number of carbonyl (C=O) groups is 2. The zero-order valence-corrected chi connectivity index (χ0v) is 14.9. The molecule has 4 aliphatic rings. The van der Waals surface area contributed by atoms with Crippen LogP contribution in [0.2, 0.25) is 0 Å². The number of rotatable bonds is 2. The first-order valence-electron chi connectivity index (χ1n) is 12.0. The monoisotopic (exact) mass is 375 g/mol. The fourth-order valence-corrected chi connectivity index (χ4v) is 4.98. The van der Waals surface area contributed by atoms with Crippen LogP contribution < -0.4 is 9.47 Å². The average Bonchev–Trinajstić information content (AvgIpc) is 3.05. The Morgan fingerprint density at radius 3 is 2.93 bits per heavy atom. The largest absolute Gasteiger partial charge is 0.481 e. The van der Waals surface area contributed by atoms with Crippen molar-refractivity contribution in [2.24, 2.45) is 5.92 Å². The predicted octanol–water partition coefficient (Wildman–Crippen LogP) is 1.99. The number of nitrogens with zero attached hydrogens (tertiary/aromatic N) is 1. The van der Waals surface area contributed by atoms with E-state index in [2.05, 4.69) is 0 Å². The first-order chi connectivity index (χ1) is 15.3. The molecule has 2 aliphatic heterocycles. The number of piperidine rings is 1. The van der Waals surface area contributed by atoms with Crippen molar-refractivity contribution in [1.29, 1.82) is 0 Å². The maximum atomic E-state index is 11.8. The summed E-state index contributed by atoms with van der Waals surface area (Å²) in [7, 11) is 0. The molecule has 0 radical (unpaired) electrons. The molecule has 1 aromatic carbocycles. The topological polar surface area (TPSA) is 65.1 Å². The maximum absolute atomic E-state index is 11.8. The van der Waals surface area contributed by atoms with Crippen molar-refractivity contribution in [3.05, 3.63) is 35.4 Å². The van der Waals surface area contributed by atoms with E-state index >= 15 is 0 Å². The minimum Gasteiger partial charge on any atom is -0.481 e. The van der Waals surface area contributed by atoms with E-state index in [1.165, 1.54) is 13.8 Å². The van der Waals surface area contributed by atoms with Gasteiger partial charge in [-0.1, -0.05) is 12.1 Å². The fraction of sp³-hybridized carbons (Fsp3) is 0.524. The van der Waals surface area contributed by atoms with Crippen molar-refractivity contribution < 1.29 is 32.0 Å². The molecule has 6 atom stereocenters. The molecule has 2 bridgehead atoms. The van der Waals surface area contributed by atoms with Gasteiger partial charge >= 0.3 is 11.9 Å². The normalized spacial score (nSPS) is 43.6. The highest BCUT2D eigenvalue weighted by molar-refractivity contribution is 5.73. The van der Waals surface area contributed by atoms with Crippen LogP contribution >= 0.6 is 0 Å². The van der Waals surface area contributed by atoms with Crippen LogP contribution in [0, 0.1) is 5.92 Å². The predicted molar refractivity (Wildman–Crippen MR) is 96.8 cm³/mol. The first-order valence-corrected chi connectivity index (χ1v) is 8.89. The van der Waals surface area contributed by atoms with E-state index in [4.69, 9.17) is 22.4 Å². The van der Waals surface area contributed by atoms with Gasteiger partial charge in [-0.2, -0.15) is 0 Å². The molecule has 6 heteroatoms. The van der Waals surface area contributed by atoms with Crippen LogP contribution in [0.1, 0.15) is 39.6 Å². The molecule has 1 saturated heterocycles. The van der Waals surface area contributed by atoms with Crippen LogP contribution in [0.4, 0.5) is 0 Å². The lowest BCUT2D eigenvalue weighted by Crippen LogP contribution is -2.65. The molecule has 1 spiro atoms. The minimum atomic E-state index is -2.69. The summed E-state index contributed by atoms with van der Waals surface area (Å²) in [4.78, 5) is 24.5. The lowest BCUT2D eigenvalue weighted by molar-refractivity contribution is -0.152. The van der Waals surface area contributed by atoms with Crippen LogP contribution in [-0.2, 0) is 26.2 Å². The van der Waals surface area contributed by atoms with Crippen molar-refractivity contribution in [3.8, 4) is 11.5 Å². The molecule has 0 saturated carbocycles. The van der Waals surface area contributed by atoms with E-state index in [1.54, 1.807) is 24.3 Å². The molecular formula is C21H23NO5. The third-order valence-corrected chi connectivity index (χ3v) is 5.85. The van der Waals surface area contributed by atoms with Gasteiger partial charge in [0.05, 0.1) is 0 Å². The minimum absolute atomic E-state index is 0.111. The molecule has 0 aromatic heterocycles. The molecule has 2 aliphatic carbocycles. The Labute approximate surface area is 166 Å². The van der Waals surface area contributed by atoms with Gasteiger partial charge in [-0.05, 0) is 44.0 Å². The highest BCUT2D eigenvalue weighted by Crippen LogP contribution is 2.62. The second-order valence-corrected chi connectivity index (χ2v) is 7.36. The summed E-state index contributed by atoms with van der Waals surface area (Å²) in [6.45, 7) is -1.96. The highest BCUT2D eigenvalue weighted by Gasteiger charge is 2.65. The van der Waals surface area contributed by atoms with Gasteiger partial charge in [0, 0.05) is 45.0 Å². The summed E-state index contributed by atoms with van der Waals surface area (Å²) in [5.74, 6) is -1.56. The molecule has 5 rings (SSSR count). The van der Waals surface area contributed by atoms with E-state index in [9.17, 15) is 9.59 Å². The van der Waals surface area contributed by atoms with Crippen molar-refractivity contribution in [1.82, 2.24) is 4.90 Å². The molecule has 2 heterocycles. The number of likely N-dealkylation sites (N-methyl/N-ethyl adjacent to an activating group) is 1. The molecule has 27 heavy (non-hydrogen) atoms. The summed E-state index contributed by atoms with van der Waals surface area (Å²) in [6.07, 6.45) is -0.918. The van der Waals surface area contributed by atoms with E-state index < -0.39 is 61.4 Å².